The number of rotatable bonds is 5. The maximum Gasteiger partial charge on any atom is 0.164 e. The van der Waals surface area contributed by atoms with E-state index in [2.05, 4.69) is 171 Å². The van der Waals surface area contributed by atoms with E-state index in [1.807, 2.05) is 29.5 Å². The standard InChI is InChI=1S/C49H36N4S/c1-49(2,3)35-26-23-32(24-27-35)47-50-46(31-13-5-4-6-14-31)51-48(52-47)34-15-11-16-36(29-34)53-41-20-9-7-17-38(41)39-28-25-33(30-42(39)53)37-19-12-22-44-45(37)40-18-8-10-21-43(40)54-44/h4-30H,1-3H3. The van der Waals surface area contributed by atoms with Gasteiger partial charge in [-0.15, -0.1) is 11.3 Å². The molecule has 10 aromatic rings. The number of aromatic nitrogens is 4. The lowest BCUT2D eigenvalue weighted by Gasteiger charge is -2.19. The molecule has 258 valence electrons. The van der Waals surface area contributed by atoms with Crippen molar-refractivity contribution in [3.63, 3.8) is 0 Å². The Morgan fingerprint density at radius 2 is 1.04 bits per heavy atom. The Balaban J connectivity index is 1.15. The molecule has 0 amide bonds. The van der Waals surface area contributed by atoms with Gasteiger partial charge in [0.2, 0.25) is 0 Å². The second-order valence-electron chi connectivity index (χ2n) is 14.9. The van der Waals surface area contributed by atoms with Crippen LogP contribution in [0.15, 0.2) is 164 Å². The molecule has 4 nitrogen and oxygen atoms in total. The topological polar surface area (TPSA) is 43.6 Å². The molecular formula is C49H36N4S. The third kappa shape index (κ3) is 5.48. The predicted molar refractivity (Wildman–Crippen MR) is 227 cm³/mol. The minimum Gasteiger partial charge on any atom is -0.309 e. The van der Waals surface area contributed by atoms with Crippen molar-refractivity contribution in [2.45, 2.75) is 26.2 Å². The van der Waals surface area contributed by atoms with Crippen molar-refractivity contribution >= 4 is 53.3 Å². The average Bonchev–Trinajstić information content (AvgIpc) is 3.76. The van der Waals surface area contributed by atoms with Crippen LogP contribution in [0, 0.1) is 0 Å². The molecule has 0 aliphatic heterocycles. The van der Waals surface area contributed by atoms with E-state index in [0.29, 0.717) is 17.5 Å². The van der Waals surface area contributed by atoms with Crippen molar-refractivity contribution in [1.29, 1.82) is 0 Å². The van der Waals surface area contributed by atoms with E-state index in [0.717, 1.165) is 33.4 Å². The number of benzene rings is 7. The first-order chi connectivity index (χ1) is 26.4. The number of hydrogen-bond donors (Lipinski definition) is 0. The molecule has 0 N–H and O–H groups in total. The summed E-state index contributed by atoms with van der Waals surface area (Å²) in [6.07, 6.45) is 0. The molecule has 3 aromatic heterocycles. The number of thiophene rings is 1. The quantitative estimate of drug-likeness (QED) is 0.178. The fourth-order valence-electron chi connectivity index (χ4n) is 7.69. The molecule has 0 fully saturated rings. The van der Waals surface area contributed by atoms with E-state index in [9.17, 15) is 0 Å². The Hall–Kier alpha value is -6.43. The van der Waals surface area contributed by atoms with Crippen molar-refractivity contribution in [2.24, 2.45) is 0 Å². The summed E-state index contributed by atoms with van der Waals surface area (Å²) in [5.41, 5.74) is 9.97. The largest absolute Gasteiger partial charge is 0.309 e. The Labute approximate surface area is 318 Å². The molecule has 0 spiro atoms. The van der Waals surface area contributed by atoms with E-state index in [4.69, 9.17) is 15.0 Å². The first-order valence-electron chi connectivity index (χ1n) is 18.4. The van der Waals surface area contributed by atoms with E-state index in [1.54, 1.807) is 0 Å². The molecule has 0 unspecified atom stereocenters. The highest BCUT2D eigenvalue weighted by Crippen LogP contribution is 2.42. The molecule has 0 radical (unpaired) electrons. The molecule has 3 heterocycles. The molecule has 54 heavy (non-hydrogen) atoms. The molecule has 10 rings (SSSR count). The van der Waals surface area contributed by atoms with Crippen LogP contribution in [0.5, 0.6) is 0 Å². The van der Waals surface area contributed by atoms with Crippen molar-refractivity contribution < 1.29 is 0 Å². The molecule has 0 bridgehead atoms. The summed E-state index contributed by atoms with van der Waals surface area (Å²) in [7, 11) is 0. The lowest BCUT2D eigenvalue weighted by Crippen LogP contribution is -2.10. The Kier molecular flexibility index (Phi) is 7.53. The van der Waals surface area contributed by atoms with Gasteiger partial charge in [-0.05, 0) is 58.5 Å². The van der Waals surface area contributed by atoms with E-state index >= 15 is 0 Å². The lowest BCUT2D eigenvalue weighted by atomic mass is 9.87. The van der Waals surface area contributed by atoms with Gasteiger partial charge in [0.05, 0.1) is 11.0 Å². The monoisotopic (exact) mass is 712 g/mol. The molecule has 0 atom stereocenters. The average molecular weight is 713 g/mol. The first-order valence-corrected chi connectivity index (χ1v) is 19.2. The zero-order valence-corrected chi connectivity index (χ0v) is 31.1. The van der Waals surface area contributed by atoms with Gasteiger partial charge in [0, 0.05) is 53.3 Å². The summed E-state index contributed by atoms with van der Waals surface area (Å²) in [5.74, 6) is 1.94. The van der Waals surface area contributed by atoms with Crippen molar-refractivity contribution in [2.75, 3.05) is 0 Å². The smallest absolute Gasteiger partial charge is 0.164 e. The van der Waals surface area contributed by atoms with Gasteiger partial charge >= 0.3 is 0 Å². The second kappa shape index (κ2) is 12.6. The van der Waals surface area contributed by atoms with Gasteiger partial charge in [0.1, 0.15) is 0 Å². The number of hydrogen-bond acceptors (Lipinski definition) is 4. The van der Waals surface area contributed by atoms with Gasteiger partial charge in [-0.3, -0.25) is 0 Å². The highest BCUT2D eigenvalue weighted by Gasteiger charge is 2.19. The maximum absolute atomic E-state index is 5.11. The SMILES string of the molecule is CC(C)(C)c1ccc(-c2nc(-c3ccccc3)nc(-c3cccc(-n4c5ccccc5c5ccc(-c6cccc7sc8ccccc8c67)cc54)c3)n2)cc1. The molecule has 0 aliphatic carbocycles. The van der Waals surface area contributed by atoms with Crippen LogP contribution < -0.4 is 0 Å². The molecular weight excluding hydrogens is 677 g/mol. The summed E-state index contributed by atoms with van der Waals surface area (Å²) in [6, 6.07) is 58.4. The van der Waals surface area contributed by atoms with E-state index < -0.39 is 0 Å². The van der Waals surface area contributed by atoms with E-state index in [1.165, 1.54) is 47.6 Å². The van der Waals surface area contributed by atoms with Gasteiger partial charge in [-0.1, -0.05) is 148 Å². The highest BCUT2D eigenvalue weighted by molar-refractivity contribution is 7.25. The first kappa shape index (κ1) is 32.2. The summed E-state index contributed by atoms with van der Waals surface area (Å²) in [5, 5.41) is 5.05. The van der Waals surface area contributed by atoms with Crippen LogP contribution in [0.25, 0.3) is 93.0 Å². The minimum atomic E-state index is 0.0532. The molecule has 0 saturated carbocycles. The summed E-state index contributed by atoms with van der Waals surface area (Å²) in [4.78, 5) is 15.2. The fourth-order valence-corrected chi connectivity index (χ4v) is 8.82. The van der Waals surface area contributed by atoms with Crippen LogP contribution in [-0.2, 0) is 5.41 Å². The van der Waals surface area contributed by atoms with Crippen LogP contribution in [0.3, 0.4) is 0 Å². The highest BCUT2D eigenvalue weighted by atomic mass is 32.1. The Morgan fingerprint density at radius 3 is 1.81 bits per heavy atom. The van der Waals surface area contributed by atoms with Crippen LogP contribution in [0.2, 0.25) is 0 Å². The molecule has 0 aliphatic rings. The van der Waals surface area contributed by atoms with Gasteiger partial charge in [-0.2, -0.15) is 0 Å². The molecule has 5 heteroatoms. The second-order valence-corrected chi connectivity index (χ2v) is 16.0. The Bertz CT molecular complexity index is 3020. The van der Waals surface area contributed by atoms with Crippen molar-refractivity contribution in [1.82, 2.24) is 19.5 Å². The van der Waals surface area contributed by atoms with Gasteiger partial charge in [-0.25, -0.2) is 15.0 Å². The van der Waals surface area contributed by atoms with Crippen molar-refractivity contribution in [3.8, 4) is 51.0 Å². The lowest BCUT2D eigenvalue weighted by molar-refractivity contribution is 0.590. The number of para-hydroxylation sites is 1. The van der Waals surface area contributed by atoms with Crippen molar-refractivity contribution in [3.05, 3.63) is 169 Å². The summed E-state index contributed by atoms with van der Waals surface area (Å²) >= 11 is 1.86. The third-order valence-electron chi connectivity index (χ3n) is 10.4. The van der Waals surface area contributed by atoms with Crippen LogP contribution in [0.4, 0.5) is 0 Å². The van der Waals surface area contributed by atoms with Crippen LogP contribution >= 0.6 is 11.3 Å². The van der Waals surface area contributed by atoms with Crippen LogP contribution in [-0.4, -0.2) is 19.5 Å². The Morgan fingerprint density at radius 1 is 0.444 bits per heavy atom. The number of fused-ring (bicyclic) bond motifs is 6. The molecule has 7 aromatic carbocycles. The summed E-state index contributed by atoms with van der Waals surface area (Å²) in [6.45, 7) is 6.69. The molecule has 0 saturated heterocycles. The zero-order chi connectivity index (χ0) is 36.4. The van der Waals surface area contributed by atoms with Gasteiger partial charge in [0.25, 0.3) is 0 Å². The third-order valence-corrected chi connectivity index (χ3v) is 11.6. The van der Waals surface area contributed by atoms with Crippen LogP contribution in [0.1, 0.15) is 26.3 Å². The zero-order valence-electron chi connectivity index (χ0n) is 30.3. The van der Waals surface area contributed by atoms with E-state index in [-0.39, 0.29) is 5.41 Å². The predicted octanol–water partition coefficient (Wildman–Crippen LogP) is 13.3. The number of nitrogens with zero attached hydrogens (tertiary/aromatic N) is 4. The minimum absolute atomic E-state index is 0.0532. The van der Waals surface area contributed by atoms with Gasteiger partial charge < -0.3 is 4.57 Å². The maximum atomic E-state index is 5.11. The summed E-state index contributed by atoms with van der Waals surface area (Å²) < 4.78 is 5.00. The van der Waals surface area contributed by atoms with Gasteiger partial charge in [0.15, 0.2) is 17.5 Å². The fraction of sp³-hybridized carbons (Fsp3) is 0.0816. The normalized spacial score (nSPS) is 12.0.